The molecule has 2 aliphatic rings. The van der Waals surface area contributed by atoms with Crippen molar-refractivity contribution in [2.45, 2.75) is 45.3 Å². The predicted octanol–water partition coefficient (Wildman–Crippen LogP) is 4.98. The molecule has 0 spiro atoms. The second-order valence-electron chi connectivity index (χ2n) is 9.05. The van der Waals surface area contributed by atoms with Crippen LogP contribution >= 0.6 is 0 Å². The SMILES string of the molecule is C[C@]12Cc3cnn(-c4ccc(F)cc4)c3C=C1CCC[C@@H]2[C@@H](O)c1cccc(CO)c1. The Hall–Kier alpha value is -2.76. The van der Waals surface area contributed by atoms with Crippen LogP contribution in [0, 0.1) is 17.2 Å². The van der Waals surface area contributed by atoms with Gasteiger partial charge in [0.05, 0.1) is 30.3 Å². The molecule has 3 atom stereocenters. The summed E-state index contributed by atoms with van der Waals surface area (Å²) in [6.45, 7) is 2.24. The smallest absolute Gasteiger partial charge is 0.123 e. The van der Waals surface area contributed by atoms with Crippen molar-refractivity contribution in [1.82, 2.24) is 9.78 Å². The average molecular weight is 419 g/mol. The van der Waals surface area contributed by atoms with Crippen LogP contribution < -0.4 is 0 Å². The summed E-state index contributed by atoms with van der Waals surface area (Å²) in [6, 6.07) is 14.0. The summed E-state index contributed by atoms with van der Waals surface area (Å²) in [5, 5.41) is 25.5. The Balaban J connectivity index is 1.51. The van der Waals surface area contributed by atoms with Gasteiger partial charge in [-0.3, -0.25) is 0 Å². The van der Waals surface area contributed by atoms with Crippen LogP contribution in [0.2, 0.25) is 0 Å². The summed E-state index contributed by atoms with van der Waals surface area (Å²) in [6.07, 6.45) is 7.36. The number of hydrogen-bond acceptors (Lipinski definition) is 3. The molecule has 0 radical (unpaired) electrons. The molecule has 5 heteroatoms. The van der Waals surface area contributed by atoms with Gasteiger partial charge in [0.25, 0.3) is 0 Å². The Morgan fingerprint density at radius 1 is 1.23 bits per heavy atom. The molecule has 0 saturated heterocycles. The lowest BCUT2D eigenvalue weighted by molar-refractivity contribution is 0.0216. The fraction of sp³-hybridized carbons (Fsp3) is 0.346. The Bertz CT molecular complexity index is 1130. The molecule has 0 aliphatic heterocycles. The van der Waals surface area contributed by atoms with Crippen LogP contribution in [0.1, 0.15) is 54.7 Å². The number of aromatic nitrogens is 2. The third kappa shape index (κ3) is 3.42. The fourth-order valence-electron chi connectivity index (χ4n) is 5.48. The van der Waals surface area contributed by atoms with Crippen LogP contribution in [0.4, 0.5) is 4.39 Å². The van der Waals surface area contributed by atoms with Crippen molar-refractivity contribution >= 4 is 6.08 Å². The lowest BCUT2D eigenvalue weighted by atomic mass is 9.57. The number of aliphatic hydroxyl groups is 2. The lowest BCUT2D eigenvalue weighted by Crippen LogP contribution is -2.40. The Labute approximate surface area is 181 Å². The van der Waals surface area contributed by atoms with Crippen molar-refractivity contribution in [2.24, 2.45) is 11.3 Å². The summed E-state index contributed by atoms with van der Waals surface area (Å²) >= 11 is 0. The van der Waals surface area contributed by atoms with E-state index in [1.165, 1.54) is 17.7 Å². The maximum absolute atomic E-state index is 13.4. The molecule has 0 unspecified atom stereocenters. The lowest BCUT2D eigenvalue weighted by Gasteiger charge is -2.47. The van der Waals surface area contributed by atoms with E-state index in [4.69, 9.17) is 0 Å². The quantitative estimate of drug-likeness (QED) is 0.628. The first-order valence-corrected chi connectivity index (χ1v) is 10.9. The highest BCUT2D eigenvalue weighted by Gasteiger charge is 2.46. The first-order valence-electron chi connectivity index (χ1n) is 10.9. The molecule has 1 saturated carbocycles. The maximum Gasteiger partial charge on any atom is 0.123 e. The number of hydrogen-bond donors (Lipinski definition) is 2. The van der Waals surface area contributed by atoms with Crippen LogP contribution in [0.5, 0.6) is 0 Å². The molecule has 160 valence electrons. The Morgan fingerprint density at radius 2 is 2.03 bits per heavy atom. The Kier molecular flexibility index (Phi) is 5.03. The minimum absolute atomic E-state index is 0.0282. The number of allylic oxidation sites excluding steroid dienone is 1. The van der Waals surface area contributed by atoms with Gasteiger partial charge in [0.1, 0.15) is 5.82 Å². The number of nitrogens with zero attached hydrogens (tertiary/aromatic N) is 2. The highest BCUT2D eigenvalue weighted by atomic mass is 19.1. The molecule has 31 heavy (non-hydrogen) atoms. The number of fused-ring (bicyclic) bond motifs is 2. The van der Waals surface area contributed by atoms with Crippen molar-refractivity contribution < 1.29 is 14.6 Å². The van der Waals surface area contributed by atoms with Gasteiger partial charge in [-0.1, -0.05) is 36.8 Å². The zero-order valence-corrected chi connectivity index (χ0v) is 17.6. The molecule has 5 rings (SSSR count). The molecule has 0 bridgehead atoms. The molecule has 1 heterocycles. The van der Waals surface area contributed by atoms with E-state index in [1.807, 2.05) is 35.1 Å². The van der Waals surface area contributed by atoms with Gasteiger partial charge in [-0.15, -0.1) is 0 Å². The molecule has 1 aromatic heterocycles. The van der Waals surface area contributed by atoms with E-state index >= 15 is 0 Å². The van der Waals surface area contributed by atoms with Gasteiger partial charge in [0.2, 0.25) is 0 Å². The zero-order valence-electron chi connectivity index (χ0n) is 17.6. The summed E-state index contributed by atoms with van der Waals surface area (Å²) in [5.41, 5.74) is 5.92. The summed E-state index contributed by atoms with van der Waals surface area (Å²) in [4.78, 5) is 0. The van der Waals surface area contributed by atoms with Crippen molar-refractivity contribution in [3.8, 4) is 5.69 Å². The monoisotopic (exact) mass is 418 g/mol. The van der Waals surface area contributed by atoms with E-state index < -0.39 is 6.10 Å². The standard InChI is InChI=1S/C26H27FN2O2/c1-26-14-19-15-28-29(22-10-8-21(27)9-11-22)24(19)13-20(26)6-3-7-23(26)25(31)18-5-2-4-17(12-18)16-30/h2,4-5,8-13,15,23,25,30-31H,3,6-7,14,16H2,1H3/t23-,25+,26+/m1/s1. The van der Waals surface area contributed by atoms with Crippen molar-refractivity contribution in [2.75, 3.05) is 0 Å². The third-order valence-electron chi connectivity index (χ3n) is 7.20. The van der Waals surface area contributed by atoms with Gasteiger partial charge in [-0.25, -0.2) is 9.07 Å². The van der Waals surface area contributed by atoms with E-state index in [2.05, 4.69) is 18.1 Å². The van der Waals surface area contributed by atoms with Crippen LogP contribution in [0.3, 0.4) is 0 Å². The van der Waals surface area contributed by atoms with Gasteiger partial charge in [-0.2, -0.15) is 5.10 Å². The van der Waals surface area contributed by atoms with Gasteiger partial charge in [0, 0.05) is 0 Å². The van der Waals surface area contributed by atoms with Crippen LogP contribution in [0.25, 0.3) is 11.8 Å². The molecule has 2 aromatic carbocycles. The van der Waals surface area contributed by atoms with E-state index in [0.29, 0.717) is 0 Å². The second kappa shape index (κ2) is 7.74. The molecular weight excluding hydrogens is 391 g/mol. The summed E-state index contributed by atoms with van der Waals surface area (Å²) in [7, 11) is 0. The highest BCUT2D eigenvalue weighted by Crippen LogP contribution is 2.54. The summed E-state index contributed by atoms with van der Waals surface area (Å²) < 4.78 is 15.2. The van der Waals surface area contributed by atoms with Gasteiger partial charge in [-0.05, 0) is 84.0 Å². The van der Waals surface area contributed by atoms with Crippen molar-refractivity contribution in [3.05, 3.63) is 88.5 Å². The van der Waals surface area contributed by atoms with Gasteiger partial charge < -0.3 is 10.2 Å². The van der Waals surface area contributed by atoms with Gasteiger partial charge in [0.15, 0.2) is 0 Å². The largest absolute Gasteiger partial charge is 0.392 e. The topological polar surface area (TPSA) is 58.3 Å². The van der Waals surface area contributed by atoms with Crippen molar-refractivity contribution in [3.63, 3.8) is 0 Å². The predicted molar refractivity (Wildman–Crippen MR) is 118 cm³/mol. The molecule has 4 nitrogen and oxygen atoms in total. The second-order valence-corrected chi connectivity index (χ2v) is 9.05. The molecular formula is C26H27FN2O2. The molecule has 1 fully saturated rings. The fourth-order valence-corrected chi connectivity index (χ4v) is 5.48. The zero-order chi connectivity index (χ0) is 21.6. The maximum atomic E-state index is 13.4. The van der Waals surface area contributed by atoms with Crippen LogP contribution in [-0.2, 0) is 13.0 Å². The third-order valence-corrected chi connectivity index (χ3v) is 7.20. The Morgan fingerprint density at radius 3 is 2.81 bits per heavy atom. The van der Waals surface area contributed by atoms with E-state index in [9.17, 15) is 14.6 Å². The molecule has 2 aliphatic carbocycles. The van der Waals surface area contributed by atoms with E-state index in [-0.39, 0.29) is 23.8 Å². The molecule has 3 aromatic rings. The normalized spacial score (nSPS) is 23.6. The number of aliphatic hydroxyl groups excluding tert-OH is 2. The molecule has 2 N–H and O–H groups in total. The highest BCUT2D eigenvalue weighted by molar-refractivity contribution is 5.61. The van der Waals surface area contributed by atoms with Gasteiger partial charge >= 0.3 is 0 Å². The first kappa shape index (κ1) is 20.2. The number of rotatable bonds is 4. The molecule has 0 amide bonds. The van der Waals surface area contributed by atoms with E-state index in [0.717, 1.165) is 53.8 Å². The average Bonchev–Trinajstić information content (AvgIpc) is 3.19. The van der Waals surface area contributed by atoms with Crippen LogP contribution in [-0.4, -0.2) is 20.0 Å². The van der Waals surface area contributed by atoms with Crippen LogP contribution in [0.15, 0.2) is 60.3 Å². The van der Waals surface area contributed by atoms with Crippen molar-refractivity contribution in [1.29, 1.82) is 0 Å². The minimum Gasteiger partial charge on any atom is -0.392 e. The number of halogens is 1. The number of benzene rings is 2. The first-order chi connectivity index (χ1) is 15.0. The minimum atomic E-state index is -0.589. The van der Waals surface area contributed by atoms with E-state index in [1.54, 1.807) is 12.1 Å². The summed E-state index contributed by atoms with van der Waals surface area (Å²) in [5.74, 6) is -0.172.